The van der Waals surface area contributed by atoms with Gasteiger partial charge in [0.2, 0.25) is 0 Å². The lowest BCUT2D eigenvalue weighted by atomic mass is 10.3. The highest BCUT2D eigenvalue weighted by Crippen LogP contribution is 2.31. The third kappa shape index (κ3) is 0.991. The summed E-state index contributed by atoms with van der Waals surface area (Å²) < 4.78 is 16.1. The van der Waals surface area contributed by atoms with Gasteiger partial charge < -0.3 is 9.84 Å². The zero-order valence-electron chi connectivity index (χ0n) is 5.61. The maximum Gasteiger partial charge on any atom is 0.167 e. The lowest BCUT2D eigenvalue weighted by Crippen LogP contribution is -1.91. The van der Waals surface area contributed by atoms with Gasteiger partial charge in [0.25, 0.3) is 0 Å². The van der Waals surface area contributed by atoms with Gasteiger partial charge in [-0.1, -0.05) is 0 Å². The lowest BCUT2D eigenvalue weighted by molar-refractivity contribution is 0.389. The number of aromatic hydroxyl groups is 1. The van der Waals surface area contributed by atoms with Gasteiger partial charge in [-0.15, -0.1) is 0 Å². The van der Waals surface area contributed by atoms with Crippen molar-refractivity contribution in [3.05, 3.63) is 18.2 Å². The second kappa shape index (κ2) is 2.23. The van der Waals surface area contributed by atoms with E-state index in [0.29, 0.717) is 10.6 Å². The molecular formula is C7H6O3S. The predicted molar refractivity (Wildman–Crippen MR) is 40.0 cm³/mol. The zero-order valence-corrected chi connectivity index (χ0v) is 6.43. The molecule has 1 aromatic rings. The SMILES string of the molecule is O=S1COc2cc(O)ccc21. The largest absolute Gasteiger partial charge is 0.508 e. The number of phenolic OH excluding ortho intramolecular Hbond substituents is 1. The fourth-order valence-corrected chi connectivity index (χ4v) is 1.90. The quantitative estimate of drug-likeness (QED) is 0.627. The molecule has 11 heavy (non-hydrogen) atoms. The summed E-state index contributed by atoms with van der Waals surface area (Å²) in [6.07, 6.45) is 0. The van der Waals surface area contributed by atoms with Gasteiger partial charge in [0.05, 0.1) is 15.7 Å². The van der Waals surface area contributed by atoms with Crippen LogP contribution in [0.2, 0.25) is 0 Å². The summed E-state index contributed by atoms with van der Waals surface area (Å²) in [6.45, 7) is 0. The van der Waals surface area contributed by atoms with Crippen molar-refractivity contribution in [2.45, 2.75) is 4.90 Å². The Morgan fingerprint density at radius 1 is 1.55 bits per heavy atom. The highest BCUT2D eigenvalue weighted by atomic mass is 32.2. The first-order chi connectivity index (χ1) is 5.27. The van der Waals surface area contributed by atoms with Crippen LogP contribution in [-0.2, 0) is 10.8 Å². The Morgan fingerprint density at radius 2 is 2.36 bits per heavy atom. The summed E-state index contributed by atoms with van der Waals surface area (Å²) in [4.78, 5) is 0.669. The Bertz CT molecular complexity index is 321. The second-order valence-electron chi connectivity index (χ2n) is 2.24. The van der Waals surface area contributed by atoms with E-state index >= 15 is 0 Å². The minimum Gasteiger partial charge on any atom is -0.508 e. The standard InChI is InChI=1S/C7H6O3S/c8-5-1-2-7-6(3-5)10-4-11(7)9/h1-3,8H,4H2. The smallest absolute Gasteiger partial charge is 0.167 e. The summed E-state index contributed by atoms with van der Waals surface area (Å²) in [5.74, 6) is 0.879. The average Bonchev–Trinajstić information content (AvgIpc) is 2.32. The molecule has 0 saturated heterocycles. The van der Waals surface area contributed by atoms with E-state index < -0.39 is 10.8 Å². The van der Waals surface area contributed by atoms with Crippen molar-refractivity contribution < 1.29 is 14.1 Å². The van der Waals surface area contributed by atoms with E-state index in [1.54, 1.807) is 6.07 Å². The van der Waals surface area contributed by atoms with Gasteiger partial charge in [-0.2, -0.15) is 0 Å². The second-order valence-corrected chi connectivity index (χ2v) is 3.61. The van der Waals surface area contributed by atoms with E-state index in [9.17, 15) is 4.21 Å². The van der Waals surface area contributed by atoms with E-state index in [0.717, 1.165) is 0 Å². The van der Waals surface area contributed by atoms with E-state index in [4.69, 9.17) is 9.84 Å². The van der Waals surface area contributed by atoms with E-state index in [1.807, 2.05) is 0 Å². The first kappa shape index (κ1) is 6.67. The third-order valence-corrected chi connectivity index (χ3v) is 2.65. The number of ether oxygens (including phenoxy) is 1. The molecule has 0 radical (unpaired) electrons. The van der Waals surface area contributed by atoms with Crippen LogP contribution in [0.3, 0.4) is 0 Å². The molecule has 3 nitrogen and oxygen atoms in total. The van der Waals surface area contributed by atoms with E-state index in [-0.39, 0.29) is 11.7 Å². The molecule has 58 valence electrons. The van der Waals surface area contributed by atoms with Crippen LogP contribution in [0.1, 0.15) is 0 Å². The van der Waals surface area contributed by atoms with Crippen LogP contribution >= 0.6 is 0 Å². The van der Waals surface area contributed by atoms with Crippen molar-refractivity contribution in [1.82, 2.24) is 0 Å². The minimum atomic E-state index is -1.04. The van der Waals surface area contributed by atoms with Crippen LogP contribution in [0.25, 0.3) is 0 Å². The fourth-order valence-electron chi connectivity index (χ4n) is 0.978. The summed E-state index contributed by atoms with van der Waals surface area (Å²) >= 11 is 0. The van der Waals surface area contributed by atoms with Crippen LogP contribution in [0.15, 0.2) is 23.1 Å². The van der Waals surface area contributed by atoms with Gasteiger partial charge in [0.1, 0.15) is 11.5 Å². The molecular weight excluding hydrogens is 164 g/mol. The number of rotatable bonds is 0. The van der Waals surface area contributed by atoms with Gasteiger partial charge in [-0.25, -0.2) is 0 Å². The summed E-state index contributed by atoms with van der Waals surface area (Å²) in [5.41, 5.74) is 0. The van der Waals surface area contributed by atoms with Crippen molar-refractivity contribution in [2.24, 2.45) is 0 Å². The van der Waals surface area contributed by atoms with E-state index in [2.05, 4.69) is 0 Å². The topological polar surface area (TPSA) is 46.5 Å². The first-order valence-electron chi connectivity index (χ1n) is 3.11. The molecule has 1 aromatic carbocycles. The lowest BCUT2D eigenvalue weighted by Gasteiger charge is -1.95. The molecule has 4 heteroatoms. The number of hydrogen-bond acceptors (Lipinski definition) is 3. The maximum atomic E-state index is 11.1. The minimum absolute atomic E-state index is 0.141. The van der Waals surface area contributed by atoms with Crippen molar-refractivity contribution >= 4 is 10.8 Å². The Balaban J connectivity index is 2.59. The predicted octanol–water partition coefficient (Wildman–Crippen LogP) is 0.850. The van der Waals surface area contributed by atoms with Crippen LogP contribution < -0.4 is 4.74 Å². The number of benzene rings is 1. The highest BCUT2D eigenvalue weighted by Gasteiger charge is 2.19. The molecule has 1 unspecified atom stereocenters. The number of fused-ring (bicyclic) bond motifs is 1. The van der Waals surface area contributed by atoms with Crippen LogP contribution in [-0.4, -0.2) is 15.3 Å². The Labute approximate surface area is 66.1 Å². The Morgan fingerprint density at radius 3 is 3.18 bits per heavy atom. The summed E-state index contributed by atoms with van der Waals surface area (Å²) in [5, 5.41) is 9.00. The molecule has 1 aliphatic heterocycles. The van der Waals surface area contributed by atoms with Crippen molar-refractivity contribution in [3.63, 3.8) is 0 Å². The van der Waals surface area contributed by atoms with Gasteiger partial charge in [-0.3, -0.25) is 4.21 Å². The molecule has 0 saturated carbocycles. The zero-order chi connectivity index (χ0) is 7.84. The number of phenols is 1. The van der Waals surface area contributed by atoms with Crippen molar-refractivity contribution in [3.8, 4) is 11.5 Å². The first-order valence-corrected chi connectivity index (χ1v) is 4.43. The van der Waals surface area contributed by atoms with Crippen LogP contribution in [0.4, 0.5) is 0 Å². The Kier molecular flexibility index (Phi) is 1.35. The van der Waals surface area contributed by atoms with Gasteiger partial charge >= 0.3 is 0 Å². The normalized spacial score (nSPS) is 20.9. The fraction of sp³-hybridized carbons (Fsp3) is 0.143. The molecule has 0 bridgehead atoms. The molecule has 0 aliphatic carbocycles. The maximum absolute atomic E-state index is 11.1. The summed E-state index contributed by atoms with van der Waals surface area (Å²) in [6, 6.07) is 4.60. The molecule has 0 spiro atoms. The van der Waals surface area contributed by atoms with Crippen LogP contribution in [0, 0.1) is 0 Å². The van der Waals surface area contributed by atoms with Gasteiger partial charge in [-0.05, 0) is 12.1 Å². The number of hydrogen-bond donors (Lipinski definition) is 1. The monoisotopic (exact) mass is 170 g/mol. The molecule has 0 fully saturated rings. The third-order valence-electron chi connectivity index (χ3n) is 1.49. The van der Waals surface area contributed by atoms with Crippen molar-refractivity contribution in [1.29, 1.82) is 0 Å². The van der Waals surface area contributed by atoms with E-state index in [1.165, 1.54) is 12.1 Å². The average molecular weight is 170 g/mol. The van der Waals surface area contributed by atoms with Crippen LogP contribution in [0.5, 0.6) is 11.5 Å². The molecule has 2 rings (SSSR count). The van der Waals surface area contributed by atoms with Gasteiger partial charge in [0, 0.05) is 6.07 Å². The Hall–Kier alpha value is -1.03. The molecule has 0 amide bonds. The highest BCUT2D eigenvalue weighted by molar-refractivity contribution is 7.85. The molecule has 1 atom stereocenters. The van der Waals surface area contributed by atoms with Crippen molar-refractivity contribution in [2.75, 3.05) is 5.94 Å². The molecule has 1 heterocycles. The molecule has 1 N–H and O–H groups in total. The summed E-state index contributed by atoms with van der Waals surface area (Å²) in [7, 11) is -1.04. The van der Waals surface area contributed by atoms with Gasteiger partial charge in [0.15, 0.2) is 5.94 Å². The molecule has 0 aromatic heterocycles. The molecule has 1 aliphatic rings.